The Morgan fingerprint density at radius 3 is 2.10 bits per heavy atom. The van der Waals surface area contributed by atoms with Crippen LogP contribution in [0.3, 0.4) is 0 Å². The highest BCUT2D eigenvalue weighted by molar-refractivity contribution is 6.00. The maximum Gasteiger partial charge on any atom is 0.254 e. The summed E-state index contributed by atoms with van der Waals surface area (Å²) in [6.45, 7) is 7.12. The van der Waals surface area contributed by atoms with Gasteiger partial charge < -0.3 is 29.9 Å². The lowest BCUT2D eigenvalue weighted by Gasteiger charge is -2.28. The predicted molar refractivity (Wildman–Crippen MR) is 144 cm³/mol. The van der Waals surface area contributed by atoms with Crippen LogP contribution in [-0.2, 0) is 11.2 Å². The summed E-state index contributed by atoms with van der Waals surface area (Å²) < 4.78 is 38.3. The van der Waals surface area contributed by atoms with Gasteiger partial charge in [0, 0.05) is 36.9 Å². The summed E-state index contributed by atoms with van der Waals surface area (Å²) in [4.78, 5) is 28.3. The number of nitrogens with zero attached hydrogens (tertiary/aromatic N) is 1. The quantitative estimate of drug-likeness (QED) is 0.275. The molecule has 2 rings (SSSR count). The number of hydrogen-bond donors (Lipinski definition) is 3. The first-order chi connectivity index (χ1) is 18.6. The van der Waals surface area contributed by atoms with Gasteiger partial charge in [-0.05, 0) is 61.6 Å². The van der Waals surface area contributed by atoms with Crippen molar-refractivity contribution in [1.29, 1.82) is 0 Å². The molecule has 0 heterocycles. The minimum Gasteiger partial charge on any atom is -0.497 e. The number of rotatable bonds is 16. The zero-order chi connectivity index (χ0) is 28.9. The van der Waals surface area contributed by atoms with Crippen molar-refractivity contribution in [3.05, 3.63) is 64.7 Å². The van der Waals surface area contributed by atoms with Crippen LogP contribution in [0.4, 0.5) is 8.78 Å². The summed E-state index contributed by atoms with van der Waals surface area (Å²) in [6, 6.07) is 6.19. The number of aliphatic hydroxyl groups is 2. The average molecular weight is 551 g/mol. The third-order valence-corrected chi connectivity index (χ3v) is 6.06. The van der Waals surface area contributed by atoms with Crippen molar-refractivity contribution in [3.63, 3.8) is 0 Å². The smallest absolute Gasteiger partial charge is 0.254 e. The van der Waals surface area contributed by atoms with Crippen molar-refractivity contribution < 1.29 is 38.1 Å². The van der Waals surface area contributed by atoms with Crippen molar-refractivity contribution in [2.45, 2.75) is 64.7 Å². The summed E-state index contributed by atoms with van der Waals surface area (Å²) in [5.74, 6) is -2.24. The lowest BCUT2D eigenvalue weighted by molar-refractivity contribution is -0.0505. The summed E-state index contributed by atoms with van der Waals surface area (Å²) in [6.07, 6.45) is -0.826. The van der Waals surface area contributed by atoms with Crippen LogP contribution in [0.5, 0.6) is 5.75 Å². The van der Waals surface area contributed by atoms with Crippen molar-refractivity contribution in [2.75, 3.05) is 33.4 Å². The highest BCUT2D eigenvalue weighted by Gasteiger charge is 2.29. The number of ether oxygens (including phenoxy) is 2. The van der Waals surface area contributed by atoms with Crippen LogP contribution < -0.4 is 10.1 Å². The number of methoxy groups -OCH3 is 1. The standard InChI is InChI=1S/C29H40F2N2O6/c1-5-8-33(9-6-2)29(37)21-14-20(15-24(16-21)38-4)28(36)32-25(27(35)26(34)18-39-10-7-3)13-19-11-22(30)17-23(31)12-19/h11-12,14-17,25-27,34-35H,5-10,13,18H2,1-4H3,(H,32,36)/t25-,26?,27+/m0/s1. The van der Waals surface area contributed by atoms with Gasteiger partial charge in [0.15, 0.2) is 0 Å². The van der Waals surface area contributed by atoms with E-state index in [1.165, 1.54) is 19.2 Å². The lowest BCUT2D eigenvalue weighted by Crippen LogP contribution is -2.51. The van der Waals surface area contributed by atoms with Crippen LogP contribution in [0.2, 0.25) is 0 Å². The highest BCUT2D eigenvalue weighted by Crippen LogP contribution is 2.20. The van der Waals surface area contributed by atoms with Gasteiger partial charge in [-0.25, -0.2) is 8.78 Å². The molecular weight excluding hydrogens is 510 g/mol. The fourth-order valence-corrected chi connectivity index (χ4v) is 4.22. The number of benzene rings is 2. The molecule has 0 spiro atoms. The molecule has 0 saturated heterocycles. The van der Waals surface area contributed by atoms with E-state index in [-0.39, 0.29) is 41.4 Å². The van der Waals surface area contributed by atoms with Crippen molar-refractivity contribution in [3.8, 4) is 5.75 Å². The Morgan fingerprint density at radius 2 is 1.54 bits per heavy atom. The first-order valence-electron chi connectivity index (χ1n) is 13.3. The molecule has 1 unspecified atom stereocenters. The Hall–Kier alpha value is -3.08. The zero-order valence-electron chi connectivity index (χ0n) is 23.1. The van der Waals surface area contributed by atoms with E-state index in [0.717, 1.165) is 31.0 Å². The molecule has 10 heteroatoms. The molecule has 0 aliphatic rings. The molecule has 39 heavy (non-hydrogen) atoms. The topological polar surface area (TPSA) is 108 Å². The largest absolute Gasteiger partial charge is 0.497 e. The van der Waals surface area contributed by atoms with E-state index >= 15 is 0 Å². The maximum absolute atomic E-state index is 13.8. The second-order valence-corrected chi connectivity index (χ2v) is 9.44. The van der Waals surface area contributed by atoms with Crippen LogP contribution in [0.15, 0.2) is 36.4 Å². The van der Waals surface area contributed by atoms with E-state index in [0.29, 0.717) is 26.1 Å². The van der Waals surface area contributed by atoms with Crippen molar-refractivity contribution in [1.82, 2.24) is 10.2 Å². The SMILES string of the molecule is CCCOCC(O)[C@H](O)[C@H](Cc1cc(F)cc(F)c1)NC(=O)c1cc(OC)cc(C(=O)N(CCC)CCC)c1. The molecule has 3 N–H and O–H groups in total. The molecule has 0 aliphatic heterocycles. The Kier molecular flexibility index (Phi) is 13.3. The van der Waals surface area contributed by atoms with E-state index < -0.39 is 35.8 Å². The second kappa shape index (κ2) is 16.1. The van der Waals surface area contributed by atoms with Gasteiger partial charge in [-0.15, -0.1) is 0 Å². The number of aliphatic hydroxyl groups excluding tert-OH is 2. The van der Waals surface area contributed by atoms with Crippen LogP contribution in [-0.4, -0.2) is 78.6 Å². The molecule has 0 aromatic heterocycles. The van der Waals surface area contributed by atoms with E-state index in [1.54, 1.807) is 11.0 Å². The average Bonchev–Trinajstić information content (AvgIpc) is 2.90. The first-order valence-corrected chi connectivity index (χ1v) is 13.3. The summed E-state index contributed by atoms with van der Waals surface area (Å²) >= 11 is 0. The molecule has 8 nitrogen and oxygen atoms in total. The van der Waals surface area contributed by atoms with Crippen LogP contribution in [0.1, 0.15) is 66.3 Å². The summed E-state index contributed by atoms with van der Waals surface area (Å²) in [5, 5.41) is 24.1. The summed E-state index contributed by atoms with van der Waals surface area (Å²) in [7, 11) is 1.42. The molecule has 2 aromatic carbocycles. The molecule has 0 fully saturated rings. The van der Waals surface area contributed by atoms with Gasteiger partial charge in [-0.3, -0.25) is 9.59 Å². The maximum atomic E-state index is 13.8. The fourth-order valence-electron chi connectivity index (χ4n) is 4.22. The van der Waals surface area contributed by atoms with Crippen LogP contribution in [0.25, 0.3) is 0 Å². The first kappa shape index (κ1) is 32.1. The molecule has 216 valence electrons. The molecular formula is C29H40F2N2O6. The summed E-state index contributed by atoms with van der Waals surface area (Å²) in [5.41, 5.74) is 0.526. The Morgan fingerprint density at radius 1 is 0.923 bits per heavy atom. The van der Waals surface area contributed by atoms with Gasteiger partial charge in [-0.2, -0.15) is 0 Å². The molecule has 0 saturated carbocycles. The number of carbonyl (C=O) groups excluding carboxylic acids is 2. The Labute approximate surface area is 228 Å². The van der Waals surface area contributed by atoms with Gasteiger partial charge in [0.1, 0.15) is 29.6 Å². The third-order valence-electron chi connectivity index (χ3n) is 6.06. The molecule has 0 bridgehead atoms. The van der Waals surface area contributed by atoms with Crippen LogP contribution in [0, 0.1) is 11.6 Å². The fraction of sp³-hybridized carbons (Fsp3) is 0.517. The minimum absolute atomic E-state index is 0.0880. The number of nitrogens with one attached hydrogen (secondary N) is 1. The van der Waals surface area contributed by atoms with Gasteiger partial charge in [0.2, 0.25) is 0 Å². The van der Waals surface area contributed by atoms with Crippen molar-refractivity contribution in [2.24, 2.45) is 0 Å². The molecule has 0 radical (unpaired) electrons. The monoisotopic (exact) mass is 550 g/mol. The predicted octanol–water partition coefficient (Wildman–Crippen LogP) is 3.73. The molecule has 3 atom stereocenters. The Balaban J connectivity index is 2.37. The second-order valence-electron chi connectivity index (χ2n) is 9.44. The highest BCUT2D eigenvalue weighted by atomic mass is 19.1. The molecule has 0 aliphatic carbocycles. The number of amides is 2. The van der Waals surface area contributed by atoms with Gasteiger partial charge in [0.25, 0.3) is 11.8 Å². The van der Waals surface area contributed by atoms with E-state index in [2.05, 4.69) is 5.32 Å². The molecule has 2 amide bonds. The Bertz CT molecular complexity index is 1060. The van der Waals surface area contributed by atoms with Crippen molar-refractivity contribution >= 4 is 11.8 Å². The van der Waals surface area contributed by atoms with E-state index in [4.69, 9.17) is 9.47 Å². The van der Waals surface area contributed by atoms with E-state index in [1.807, 2.05) is 20.8 Å². The lowest BCUT2D eigenvalue weighted by atomic mass is 9.97. The van der Waals surface area contributed by atoms with Gasteiger partial charge in [0.05, 0.1) is 19.8 Å². The minimum atomic E-state index is -1.52. The number of carbonyl (C=O) groups is 2. The molecule has 2 aromatic rings. The number of halogens is 2. The normalized spacial score (nSPS) is 13.4. The van der Waals surface area contributed by atoms with Crippen LogP contribution >= 0.6 is 0 Å². The van der Waals surface area contributed by atoms with E-state index in [9.17, 15) is 28.6 Å². The van der Waals surface area contributed by atoms with Gasteiger partial charge >= 0.3 is 0 Å². The zero-order valence-corrected chi connectivity index (χ0v) is 23.1. The number of hydrogen-bond acceptors (Lipinski definition) is 6. The third kappa shape index (κ3) is 9.87. The van der Waals surface area contributed by atoms with Gasteiger partial charge in [-0.1, -0.05) is 20.8 Å².